The number of aromatic hydroxyl groups is 1. The number of phenols is 1. The van der Waals surface area contributed by atoms with Gasteiger partial charge >= 0.3 is 0 Å². The number of rotatable bonds is 1. The number of benzene rings is 2. The molecular weight excluding hydrogens is 268 g/mol. The average Bonchev–Trinajstić information content (AvgIpc) is 2.50. The quantitative estimate of drug-likeness (QED) is 0.747. The first-order valence-electron chi connectivity index (χ1n) is 8.69. The monoisotopic (exact) mass is 290 g/mol. The molecule has 4 bridgehead atoms. The number of fused-ring (bicyclic) bond motifs is 1. The van der Waals surface area contributed by atoms with Gasteiger partial charge in [-0.05, 0) is 90.3 Å². The van der Waals surface area contributed by atoms with Gasteiger partial charge in [0.05, 0.1) is 0 Å². The fourth-order valence-corrected chi connectivity index (χ4v) is 5.50. The first kappa shape index (κ1) is 12.8. The lowest BCUT2D eigenvalue weighted by molar-refractivity contribution is 0.0710. The molecule has 0 radical (unpaired) electrons. The molecule has 2 aromatic carbocycles. The molecule has 22 heavy (non-hydrogen) atoms. The Morgan fingerprint density at radius 2 is 1.45 bits per heavy atom. The van der Waals surface area contributed by atoms with Crippen LogP contribution in [0.5, 0.6) is 5.75 Å². The third-order valence-electron chi connectivity index (χ3n) is 6.26. The maximum absolute atomic E-state index is 9.69. The molecule has 1 N–H and O–H groups in total. The second-order valence-electron chi connectivity index (χ2n) is 7.74. The molecule has 1 heteroatoms. The number of allylic oxidation sites excluding steroid dienone is 1. The first-order chi connectivity index (χ1) is 10.7. The maximum atomic E-state index is 9.69. The molecule has 4 aliphatic rings. The van der Waals surface area contributed by atoms with Gasteiger partial charge in [0.2, 0.25) is 0 Å². The van der Waals surface area contributed by atoms with Crippen LogP contribution in [0.15, 0.2) is 42.0 Å². The summed E-state index contributed by atoms with van der Waals surface area (Å²) < 4.78 is 0. The smallest absolute Gasteiger partial charge is 0.116 e. The van der Waals surface area contributed by atoms with E-state index in [2.05, 4.69) is 24.3 Å². The van der Waals surface area contributed by atoms with Gasteiger partial charge in [0.15, 0.2) is 0 Å². The van der Waals surface area contributed by atoms with Gasteiger partial charge in [0.25, 0.3) is 0 Å². The Kier molecular flexibility index (Phi) is 2.68. The zero-order valence-corrected chi connectivity index (χ0v) is 12.8. The van der Waals surface area contributed by atoms with E-state index in [-0.39, 0.29) is 0 Å². The van der Waals surface area contributed by atoms with Gasteiger partial charge in [-0.2, -0.15) is 0 Å². The molecule has 0 aliphatic heterocycles. The van der Waals surface area contributed by atoms with E-state index < -0.39 is 0 Å². The summed E-state index contributed by atoms with van der Waals surface area (Å²) in [6, 6.07) is 12.3. The number of hydrogen-bond donors (Lipinski definition) is 1. The summed E-state index contributed by atoms with van der Waals surface area (Å²) in [5, 5.41) is 12.0. The van der Waals surface area contributed by atoms with Gasteiger partial charge in [0.1, 0.15) is 5.75 Å². The summed E-state index contributed by atoms with van der Waals surface area (Å²) in [6.45, 7) is 0. The van der Waals surface area contributed by atoms with Crippen molar-refractivity contribution < 1.29 is 5.11 Å². The molecular formula is C21H22O. The predicted octanol–water partition coefficient (Wildman–Crippen LogP) is 5.38. The highest BCUT2D eigenvalue weighted by molar-refractivity contribution is 5.86. The average molecular weight is 290 g/mol. The van der Waals surface area contributed by atoms with Gasteiger partial charge in [-0.25, -0.2) is 0 Å². The van der Waals surface area contributed by atoms with E-state index in [1.807, 2.05) is 12.1 Å². The lowest BCUT2D eigenvalue weighted by Gasteiger charge is -2.51. The normalized spacial score (nSPS) is 32.6. The predicted molar refractivity (Wildman–Crippen MR) is 90.6 cm³/mol. The molecule has 112 valence electrons. The molecule has 0 spiro atoms. The third kappa shape index (κ3) is 1.99. The molecule has 0 unspecified atom stereocenters. The van der Waals surface area contributed by atoms with Gasteiger partial charge in [-0.3, -0.25) is 0 Å². The maximum Gasteiger partial charge on any atom is 0.116 e. The molecule has 0 heterocycles. The van der Waals surface area contributed by atoms with Crippen LogP contribution in [0.3, 0.4) is 0 Å². The molecule has 2 aromatic rings. The van der Waals surface area contributed by atoms with E-state index in [9.17, 15) is 5.11 Å². The molecule has 1 nitrogen and oxygen atoms in total. The summed E-state index contributed by atoms with van der Waals surface area (Å²) in [5.41, 5.74) is 3.03. The van der Waals surface area contributed by atoms with Gasteiger partial charge in [-0.15, -0.1) is 0 Å². The van der Waals surface area contributed by atoms with Crippen molar-refractivity contribution in [2.24, 2.45) is 23.7 Å². The molecule has 0 saturated heterocycles. The van der Waals surface area contributed by atoms with E-state index in [0.717, 1.165) is 29.1 Å². The van der Waals surface area contributed by atoms with Crippen LogP contribution >= 0.6 is 0 Å². The third-order valence-corrected chi connectivity index (χ3v) is 6.26. The Hall–Kier alpha value is -1.76. The Labute approximate surface area is 131 Å². The van der Waals surface area contributed by atoms with E-state index in [4.69, 9.17) is 0 Å². The summed E-state index contributed by atoms with van der Waals surface area (Å²) in [6.07, 6.45) is 9.73. The van der Waals surface area contributed by atoms with Crippen molar-refractivity contribution in [2.75, 3.05) is 0 Å². The van der Waals surface area contributed by atoms with Crippen molar-refractivity contribution >= 4 is 16.8 Å². The van der Waals surface area contributed by atoms with Crippen molar-refractivity contribution in [1.82, 2.24) is 0 Å². The standard InChI is InChI=1S/C21H22O/c22-20-4-3-16-2-1-13(6-17(16)12-20)11-21-18-7-14-5-15(9-18)10-19(21)8-14/h1-4,6,11-12,14-15,18-19,22H,5,7-10H2. The Morgan fingerprint density at radius 3 is 2.18 bits per heavy atom. The number of hydrogen-bond acceptors (Lipinski definition) is 1. The van der Waals surface area contributed by atoms with Crippen molar-refractivity contribution in [1.29, 1.82) is 0 Å². The molecule has 0 atom stereocenters. The zero-order chi connectivity index (χ0) is 14.7. The highest BCUT2D eigenvalue weighted by Gasteiger charge is 2.44. The SMILES string of the molecule is Oc1ccc2ccc(C=C3C4CC5CC(C4)CC3C5)cc2c1. The highest BCUT2D eigenvalue weighted by Crippen LogP contribution is 2.56. The Balaban J connectivity index is 1.54. The van der Waals surface area contributed by atoms with E-state index in [1.165, 1.54) is 43.1 Å². The van der Waals surface area contributed by atoms with Crippen LogP contribution in [0.1, 0.15) is 37.7 Å². The fraction of sp³-hybridized carbons (Fsp3) is 0.429. The second kappa shape index (κ2) is 4.62. The van der Waals surface area contributed by atoms with Gasteiger partial charge in [0, 0.05) is 0 Å². The molecule has 0 aromatic heterocycles. The minimum atomic E-state index is 0.354. The van der Waals surface area contributed by atoms with Gasteiger partial charge in [-0.1, -0.05) is 29.8 Å². The summed E-state index contributed by atoms with van der Waals surface area (Å²) >= 11 is 0. The largest absolute Gasteiger partial charge is 0.508 e. The molecule has 0 amide bonds. The lowest BCUT2D eigenvalue weighted by Crippen LogP contribution is -2.40. The highest BCUT2D eigenvalue weighted by atomic mass is 16.3. The molecule has 4 fully saturated rings. The van der Waals surface area contributed by atoms with Crippen LogP contribution in [0.2, 0.25) is 0 Å². The molecule has 6 rings (SSSR count). The zero-order valence-electron chi connectivity index (χ0n) is 12.8. The minimum Gasteiger partial charge on any atom is -0.508 e. The summed E-state index contributed by atoms with van der Waals surface area (Å²) in [5.74, 6) is 4.11. The van der Waals surface area contributed by atoms with Crippen molar-refractivity contribution in [3.8, 4) is 5.75 Å². The lowest BCUT2D eigenvalue weighted by atomic mass is 9.54. The molecule has 4 aliphatic carbocycles. The topological polar surface area (TPSA) is 20.2 Å². The summed E-state index contributed by atoms with van der Waals surface area (Å²) in [4.78, 5) is 0. The van der Waals surface area contributed by atoms with Crippen LogP contribution in [0.25, 0.3) is 16.8 Å². The fourth-order valence-electron chi connectivity index (χ4n) is 5.50. The van der Waals surface area contributed by atoms with E-state index in [1.54, 1.807) is 11.6 Å². The minimum absolute atomic E-state index is 0.354. The second-order valence-corrected chi connectivity index (χ2v) is 7.74. The van der Waals surface area contributed by atoms with Crippen molar-refractivity contribution in [3.05, 3.63) is 47.5 Å². The number of phenolic OH excluding ortho intramolecular Hbond substituents is 1. The Morgan fingerprint density at radius 1 is 0.773 bits per heavy atom. The van der Waals surface area contributed by atoms with Crippen molar-refractivity contribution in [3.63, 3.8) is 0 Å². The van der Waals surface area contributed by atoms with Crippen LogP contribution < -0.4 is 0 Å². The molecule has 4 saturated carbocycles. The van der Waals surface area contributed by atoms with Crippen LogP contribution in [-0.2, 0) is 0 Å². The van der Waals surface area contributed by atoms with Crippen LogP contribution in [0, 0.1) is 23.7 Å². The Bertz CT molecular complexity index is 741. The first-order valence-corrected chi connectivity index (χ1v) is 8.69. The van der Waals surface area contributed by atoms with Crippen molar-refractivity contribution in [2.45, 2.75) is 32.1 Å². The summed E-state index contributed by atoms with van der Waals surface area (Å²) in [7, 11) is 0. The van der Waals surface area contributed by atoms with E-state index >= 15 is 0 Å². The van der Waals surface area contributed by atoms with E-state index in [0.29, 0.717) is 5.75 Å². The van der Waals surface area contributed by atoms with Crippen LogP contribution in [-0.4, -0.2) is 5.11 Å². The van der Waals surface area contributed by atoms with Gasteiger partial charge < -0.3 is 5.11 Å². The van der Waals surface area contributed by atoms with Crippen LogP contribution in [0.4, 0.5) is 0 Å².